The van der Waals surface area contributed by atoms with Gasteiger partial charge in [0.1, 0.15) is 0 Å². The van der Waals surface area contributed by atoms with E-state index < -0.39 is 4.92 Å². The van der Waals surface area contributed by atoms with Crippen molar-refractivity contribution in [3.8, 4) is 11.5 Å². The van der Waals surface area contributed by atoms with Crippen molar-refractivity contribution < 1.29 is 19.2 Å². The number of carbonyl (C=O) groups is 1. The Morgan fingerprint density at radius 2 is 1.87 bits per heavy atom. The Kier molecular flexibility index (Phi) is 7.31. The van der Waals surface area contributed by atoms with Crippen molar-refractivity contribution in [3.63, 3.8) is 0 Å². The highest BCUT2D eigenvalue weighted by Crippen LogP contribution is 2.40. The lowest BCUT2D eigenvalue weighted by molar-refractivity contribution is -0.380. The average molecular weight is 485 g/mol. The number of halogens is 1. The molecule has 0 N–H and O–H groups in total. The van der Waals surface area contributed by atoms with Crippen LogP contribution in [-0.2, 0) is 0 Å². The van der Waals surface area contributed by atoms with Gasteiger partial charge in [0.05, 0.1) is 20.0 Å². The molecule has 12 heteroatoms. The van der Waals surface area contributed by atoms with Crippen LogP contribution in [0.3, 0.4) is 0 Å². The molecule has 3 aromatic rings. The largest absolute Gasteiger partial charge is 0.454 e. The number of nitrogens with zero attached hydrogens (tertiary/aromatic N) is 4. The molecule has 166 valence electrons. The summed E-state index contributed by atoms with van der Waals surface area (Å²) in [5, 5.41) is 11.5. The maximum atomic E-state index is 13.3. The van der Waals surface area contributed by atoms with Crippen LogP contribution in [0, 0.1) is 10.1 Å². The van der Waals surface area contributed by atoms with E-state index >= 15 is 0 Å². The highest BCUT2D eigenvalue weighted by atomic mass is 35.5. The number of hydrogen-bond acceptors (Lipinski definition) is 9. The van der Waals surface area contributed by atoms with E-state index in [4.69, 9.17) is 9.47 Å². The molecule has 1 aliphatic rings. The first-order valence-electron chi connectivity index (χ1n) is 9.48. The molecule has 0 atom stereocenters. The minimum atomic E-state index is -0.485. The van der Waals surface area contributed by atoms with E-state index in [1.165, 1.54) is 23.5 Å². The first kappa shape index (κ1) is 23.2. The Hall–Kier alpha value is -2.47. The van der Waals surface area contributed by atoms with E-state index in [1.54, 1.807) is 11.0 Å². The first-order chi connectivity index (χ1) is 14.5. The number of benzene rings is 1. The van der Waals surface area contributed by atoms with Gasteiger partial charge in [-0.25, -0.2) is 4.98 Å². The molecule has 1 aromatic carbocycles. The van der Waals surface area contributed by atoms with Gasteiger partial charge >= 0.3 is 5.00 Å². The van der Waals surface area contributed by atoms with Crippen molar-refractivity contribution in [2.45, 2.75) is 13.8 Å². The second-order valence-corrected chi connectivity index (χ2v) is 8.62. The number of fused-ring (bicyclic) bond motifs is 2. The average Bonchev–Trinajstić information content (AvgIpc) is 3.47. The number of thiophene rings is 1. The highest BCUT2D eigenvalue weighted by molar-refractivity contribution is 7.22. The Morgan fingerprint density at radius 3 is 2.52 bits per heavy atom. The zero-order chi connectivity index (χ0) is 21.3. The number of rotatable bonds is 8. The number of amides is 1. The second kappa shape index (κ2) is 9.77. The Labute approximate surface area is 192 Å². The molecular weight excluding hydrogens is 464 g/mol. The molecule has 1 amide bonds. The Bertz CT molecular complexity index is 1060. The molecule has 9 nitrogen and oxygen atoms in total. The van der Waals surface area contributed by atoms with Crippen molar-refractivity contribution in [2.24, 2.45) is 0 Å². The van der Waals surface area contributed by atoms with E-state index in [2.05, 4.69) is 23.7 Å². The summed E-state index contributed by atoms with van der Waals surface area (Å²) in [7, 11) is 0. The summed E-state index contributed by atoms with van der Waals surface area (Å²) < 4.78 is 11.7. The van der Waals surface area contributed by atoms with Crippen LogP contribution in [0.1, 0.15) is 23.5 Å². The first-order valence-corrected chi connectivity index (χ1v) is 11.1. The van der Waals surface area contributed by atoms with Crippen LogP contribution in [0.15, 0.2) is 24.3 Å². The van der Waals surface area contributed by atoms with Crippen molar-refractivity contribution >= 4 is 61.3 Å². The van der Waals surface area contributed by atoms with Gasteiger partial charge in [-0.2, -0.15) is 0 Å². The van der Waals surface area contributed by atoms with E-state index in [0.29, 0.717) is 34.6 Å². The summed E-state index contributed by atoms with van der Waals surface area (Å²) in [5.41, 5.74) is 0.719. The third kappa shape index (κ3) is 4.74. The second-order valence-electron chi connectivity index (χ2n) is 6.55. The minimum Gasteiger partial charge on any atom is -0.454 e. The SMILES string of the molecule is CCN(CC)CCN(C(=O)c1ccc([N+](=O)[O-])s1)c1nc2cc3c(cc2s1)OCO3.Cl. The number of likely N-dealkylation sites (N-methyl/N-ethyl adjacent to an activating group) is 1. The van der Waals surface area contributed by atoms with Crippen molar-refractivity contribution in [3.05, 3.63) is 39.3 Å². The zero-order valence-electron chi connectivity index (χ0n) is 16.9. The molecule has 0 aliphatic carbocycles. The summed E-state index contributed by atoms with van der Waals surface area (Å²) in [5.74, 6) is 1.00. The van der Waals surface area contributed by atoms with E-state index in [-0.39, 0.29) is 30.1 Å². The highest BCUT2D eigenvalue weighted by Gasteiger charge is 2.26. The predicted octanol–water partition coefficient (Wildman–Crippen LogP) is 4.41. The van der Waals surface area contributed by atoms with Gasteiger partial charge in [0.2, 0.25) is 6.79 Å². The fourth-order valence-corrected chi connectivity index (χ4v) is 4.93. The molecule has 0 unspecified atom stereocenters. The normalized spacial score (nSPS) is 12.2. The number of anilines is 1. The van der Waals surface area contributed by atoms with Crippen LogP contribution >= 0.6 is 35.1 Å². The molecule has 31 heavy (non-hydrogen) atoms. The lowest BCUT2D eigenvalue weighted by atomic mass is 10.3. The molecule has 0 saturated carbocycles. The molecule has 0 bridgehead atoms. The van der Waals surface area contributed by atoms with Crippen molar-refractivity contribution in [2.75, 3.05) is 37.9 Å². The molecule has 0 fully saturated rings. The quantitative estimate of drug-likeness (QED) is 0.345. The van der Waals surface area contributed by atoms with Crippen LogP contribution in [0.25, 0.3) is 10.2 Å². The molecule has 0 spiro atoms. The number of thiazole rings is 1. The Morgan fingerprint density at radius 1 is 1.16 bits per heavy atom. The van der Waals surface area contributed by atoms with Gasteiger partial charge in [-0.05, 0) is 19.2 Å². The maximum Gasteiger partial charge on any atom is 0.324 e. The predicted molar refractivity (Wildman–Crippen MR) is 123 cm³/mol. The fraction of sp³-hybridized carbons (Fsp3) is 0.368. The lowest BCUT2D eigenvalue weighted by Gasteiger charge is -2.24. The van der Waals surface area contributed by atoms with E-state index in [0.717, 1.165) is 34.6 Å². The van der Waals surface area contributed by atoms with Crippen LogP contribution in [0.2, 0.25) is 0 Å². The standard InChI is InChI=1S/C19H20N4O5S2.ClH/c1-3-21(4-2)7-8-22(18(24)15-5-6-17(29-15)23(25)26)19-20-12-9-13-14(28-11-27-13)10-16(12)30-19;/h5-6,9-10H,3-4,7-8,11H2,1-2H3;1H. The third-order valence-corrected chi connectivity index (χ3v) is 6.93. The summed E-state index contributed by atoms with van der Waals surface area (Å²) in [6.45, 7) is 7.15. The summed E-state index contributed by atoms with van der Waals surface area (Å²) in [6.07, 6.45) is 0. The number of hydrogen-bond donors (Lipinski definition) is 0. The van der Waals surface area contributed by atoms with Crippen LogP contribution in [0.4, 0.5) is 10.1 Å². The molecule has 1 aliphatic heterocycles. The fourth-order valence-electron chi connectivity index (χ4n) is 3.16. The number of nitro groups is 1. The van der Waals surface area contributed by atoms with Gasteiger partial charge in [0.25, 0.3) is 5.91 Å². The smallest absolute Gasteiger partial charge is 0.324 e. The number of ether oxygens (including phenoxy) is 2. The van der Waals surface area contributed by atoms with Crippen LogP contribution < -0.4 is 14.4 Å². The van der Waals surface area contributed by atoms with Gasteiger partial charge in [0.15, 0.2) is 16.6 Å². The molecular formula is C19H21ClN4O5S2. The summed E-state index contributed by atoms with van der Waals surface area (Å²) in [6, 6.07) is 6.53. The number of aromatic nitrogens is 1. The summed E-state index contributed by atoms with van der Waals surface area (Å²) >= 11 is 2.26. The van der Waals surface area contributed by atoms with Crippen LogP contribution in [0.5, 0.6) is 11.5 Å². The maximum absolute atomic E-state index is 13.3. The molecule has 2 aromatic heterocycles. The van der Waals surface area contributed by atoms with Crippen LogP contribution in [-0.4, -0.2) is 53.7 Å². The van der Waals surface area contributed by atoms with Gasteiger partial charge in [0, 0.05) is 31.3 Å². The van der Waals surface area contributed by atoms with Crippen molar-refractivity contribution in [1.82, 2.24) is 9.88 Å². The van der Waals surface area contributed by atoms with Gasteiger partial charge in [-0.1, -0.05) is 36.5 Å². The van der Waals surface area contributed by atoms with Gasteiger partial charge in [-0.15, -0.1) is 12.4 Å². The van der Waals surface area contributed by atoms with Crippen molar-refractivity contribution in [1.29, 1.82) is 0 Å². The lowest BCUT2D eigenvalue weighted by Crippen LogP contribution is -2.38. The van der Waals surface area contributed by atoms with Gasteiger partial charge in [-0.3, -0.25) is 19.8 Å². The van der Waals surface area contributed by atoms with E-state index in [9.17, 15) is 14.9 Å². The molecule has 0 radical (unpaired) electrons. The minimum absolute atomic E-state index is 0. The topological polar surface area (TPSA) is 98.0 Å². The third-order valence-electron chi connectivity index (χ3n) is 4.86. The molecule has 0 saturated heterocycles. The molecule has 4 rings (SSSR count). The molecule has 3 heterocycles. The van der Waals surface area contributed by atoms with E-state index in [1.807, 2.05) is 6.07 Å². The zero-order valence-corrected chi connectivity index (χ0v) is 19.3. The summed E-state index contributed by atoms with van der Waals surface area (Å²) in [4.78, 5) is 32.6. The van der Waals surface area contributed by atoms with Gasteiger partial charge < -0.3 is 14.4 Å². The Balaban J connectivity index is 0.00000272. The monoisotopic (exact) mass is 484 g/mol. The number of carbonyl (C=O) groups excluding carboxylic acids is 1.